The number of nitrogens with zero attached hydrogens (tertiary/aromatic N) is 2. The molecule has 3 heteroatoms. The van der Waals surface area contributed by atoms with Gasteiger partial charge in [-0.25, -0.2) is 4.98 Å². The Labute approximate surface area is 121 Å². The summed E-state index contributed by atoms with van der Waals surface area (Å²) in [5.41, 5.74) is 1.09. The van der Waals surface area contributed by atoms with Crippen molar-refractivity contribution in [2.45, 2.75) is 25.8 Å². The zero-order chi connectivity index (χ0) is 13.9. The first-order valence-electron chi connectivity index (χ1n) is 7.56. The molecule has 106 valence electrons. The molecule has 20 heavy (non-hydrogen) atoms. The fourth-order valence-electron chi connectivity index (χ4n) is 3.09. The van der Waals surface area contributed by atoms with Crippen LogP contribution in [0.4, 0.5) is 5.82 Å². The van der Waals surface area contributed by atoms with Crippen molar-refractivity contribution >= 4 is 16.7 Å². The molecule has 1 aromatic heterocycles. The van der Waals surface area contributed by atoms with E-state index in [4.69, 9.17) is 4.98 Å². The zero-order valence-electron chi connectivity index (χ0n) is 12.3. The summed E-state index contributed by atoms with van der Waals surface area (Å²) < 4.78 is 0. The van der Waals surface area contributed by atoms with E-state index >= 15 is 0 Å². The molecular weight excluding hydrogens is 246 g/mol. The summed E-state index contributed by atoms with van der Waals surface area (Å²) in [6.45, 7) is 4.51. The van der Waals surface area contributed by atoms with Crippen molar-refractivity contribution in [1.82, 2.24) is 10.3 Å². The van der Waals surface area contributed by atoms with Crippen LogP contribution in [0.25, 0.3) is 10.9 Å². The molecule has 1 N–H and O–H groups in total. The predicted molar refractivity (Wildman–Crippen MR) is 85.2 cm³/mol. The van der Waals surface area contributed by atoms with Gasteiger partial charge in [0.25, 0.3) is 0 Å². The number of para-hydroxylation sites is 1. The first-order valence-corrected chi connectivity index (χ1v) is 7.56. The number of aromatic nitrogens is 1. The maximum atomic E-state index is 4.82. The Morgan fingerprint density at radius 1 is 1.25 bits per heavy atom. The van der Waals surface area contributed by atoms with Crippen molar-refractivity contribution in [2.75, 3.05) is 25.0 Å². The average Bonchev–Trinajstić information content (AvgIpc) is 2.53. The maximum absolute atomic E-state index is 4.82. The molecule has 1 saturated heterocycles. The second kappa shape index (κ2) is 5.80. The smallest absolute Gasteiger partial charge is 0.129 e. The molecule has 2 unspecified atom stereocenters. The zero-order valence-corrected chi connectivity index (χ0v) is 12.3. The second-order valence-corrected chi connectivity index (χ2v) is 5.79. The molecule has 0 radical (unpaired) electrons. The Kier molecular flexibility index (Phi) is 3.88. The Balaban J connectivity index is 1.83. The number of rotatable bonds is 3. The van der Waals surface area contributed by atoms with Crippen LogP contribution in [0.2, 0.25) is 0 Å². The van der Waals surface area contributed by atoms with Gasteiger partial charge < -0.3 is 10.2 Å². The normalized spacial score (nSPS) is 21.1. The summed E-state index contributed by atoms with van der Waals surface area (Å²) >= 11 is 0. The minimum atomic E-state index is 0.568. The van der Waals surface area contributed by atoms with Gasteiger partial charge in [-0.3, -0.25) is 0 Å². The molecule has 2 aromatic rings. The fraction of sp³-hybridized carbons (Fsp3) is 0.471. The maximum Gasteiger partial charge on any atom is 0.129 e. The lowest BCUT2D eigenvalue weighted by Crippen LogP contribution is -2.43. The van der Waals surface area contributed by atoms with Crippen molar-refractivity contribution in [2.24, 2.45) is 5.92 Å². The van der Waals surface area contributed by atoms with Crippen LogP contribution in [0, 0.1) is 5.92 Å². The largest absolute Gasteiger partial charge is 0.356 e. The van der Waals surface area contributed by atoms with Crippen molar-refractivity contribution < 1.29 is 0 Å². The van der Waals surface area contributed by atoms with E-state index in [1.165, 1.54) is 18.2 Å². The van der Waals surface area contributed by atoms with Gasteiger partial charge in [-0.1, -0.05) is 18.2 Å². The van der Waals surface area contributed by atoms with Crippen molar-refractivity contribution in [1.29, 1.82) is 0 Å². The number of nitrogens with one attached hydrogen (secondary N) is 1. The standard InChI is InChI=1S/C17H23N3/c1-13(18-2)15-7-5-11-20(12-15)17-10-9-14-6-3-4-8-16(14)19-17/h3-4,6,8-10,13,15,18H,5,7,11-12H2,1-2H3. The van der Waals surface area contributed by atoms with E-state index in [2.05, 4.69) is 60.6 Å². The Morgan fingerprint density at radius 3 is 2.95 bits per heavy atom. The molecule has 0 bridgehead atoms. The number of hydrogen-bond donors (Lipinski definition) is 1. The molecule has 0 aliphatic carbocycles. The highest BCUT2D eigenvalue weighted by molar-refractivity contribution is 5.80. The third-order valence-electron chi connectivity index (χ3n) is 4.53. The minimum Gasteiger partial charge on any atom is -0.356 e. The Bertz CT molecular complexity index is 581. The summed E-state index contributed by atoms with van der Waals surface area (Å²) in [7, 11) is 2.05. The Hall–Kier alpha value is -1.61. The summed E-state index contributed by atoms with van der Waals surface area (Å²) in [5.74, 6) is 1.83. The van der Waals surface area contributed by atoms with Gasteiger partial charge in [-0.2, -0.15) is 0 Å². The van der Waals surface area contributed by atoms with Gasteiger partial charge in [0.15, 0.2) is 0 Å². The van der Waals surface area contributed by atoms with Gasteiger partial charge in [-0.15, -0.1) is 0 Å². The number of fused-ring (bicyclic) bond motifs is 1. The van der Waals surface area contributed by atoms with Gasteiger partial charge >= 0.3 is 0 Å². The highest BCUT2D eigenvalue weighted by Crippen LogP contribution is 2.25. The first kappa shape index (κ1) is 13.4. The molecule has 2 heterocycles. The number of anilines is 1. The van der Waals surface area contributed by atoms with Crippen LogP contribution in [0.1, 0.15) is 19.8 Å². The number of hydrogen-bond acceptors (Lipinski definition) is 3. The molecular formula is C17H23N3. The van der Waals surface area contributed by atoms with Crippen LogP contribution >= 0.6 is 0 Å². The molecule has 1 fully saturated rings. The van der Waals surface area contributed by atoms with Crippen LogP contribution in [0.3, 0.4) is 0 Å². The number of piperidine rings is 1. The van der Waals surface area contributed by atoms with E-state index in [0.29, 0.717) is 12.0 Å². The predicted octanol–water partition coefficient (Wildman–Crippen LogP) is 3.06. The van der Waals surface area contributed by atoms with Crippen LogP contribution in [0.5, 0.6) is 0 Å². The van der Waals surface area contributed by atoms with Gasteiger partial charge in [0.1, 0.15) is 5.82 Å². The summed E-state index contributed by atoms with van der Waals surface area (Å²) in [6, 6.07) is 13.2. The highest BCUT2D eigenvalue weighted by Gasteiger charge is 2.24. The topological polar surface area (TPSA) is 28.2 Å². The SMILES string of the molecule is CNC(C)C1CCCN(c2ccc3ccccc3n2)C1. The van der Waals surface area contributed by atoms with Crippen LogP contribution in [-0.2, 0) is 0 Å². The molecule has 0 amide bonds. The van der Waals surface area contributed by atoms with Gasteiger partial charge in [0.2, 0.25) is 0 Å². The van der Waals surface area contributed by atoms with E-state index in [1.54, 1.807) is 0 Å². The molecule has 3 rings (SSSR count). The van der Waals surface area contributed by atoms with Crippen LogP contribution in [-0.4, -0.2) is 31.2 Å². The lowest BCUT2D eigenvalue weighted by Gasteiger charge is -2.36. The molecule has 3 nitrogen and oxygen atoms in total. The number of benzene rings is 1. The van der Waals surface area contributed by atoms with Gasteiger partial charge in [-0.05, 0) is 50.9 Å². The summed E-state index contributed by atoms with van der Waals surface area (Å²) in [4.78, 5) is 7.26. The quantitative estimate of drug-likeness (QED) is 0.928. The first-order chi connectivity index (χ1) is 9.78. The second-order valence-electron chi connectivity index (χ2n) is 5.79. The lowest BCUT2D eigenvalue weighted by molar-refractivity contribution is 0.332. The van der Waals surface area contributed by atoms with Crippen molar-refractivity contribution in [3.8, 4) is 0 Å². The average molecular weight is 269 g/mol. The van der Waals surface area contributed by atoms with Crippen molar-refractivity contribution in [3.63, 3.8) is 0 Å². The molecule has 1 aromatic carbocycles. The number of pyridine rings is 1. The molecule has 2 atom stereocenters. The van der Waals surface area contributed by atoms with E-state index in [1.807, 2.05) is 0 Å². The third kappa shape index (κ3) is 2.63. The molecule has 1 aliphatic rings. The van der Waals surface area contributed by atoms with Gasteiger partial charge in [0.05, 0.1) is 5.52 Å². The summed E-state index contributed by atoms with van der Waals surface area (Å²) in [5, 5.41) is 4.61. The molecule has 1 aliphatic heterocycles. The highest BCUT2D eigenvalue weighted by atomic mass is 15.2. The third-order valence-corrected chi connectivity index (χ3v) is 4.53. The molecule has 0 saturated carbocycles. The van der Waals surface area contributed by atoms with E-state index < -0.39 is 0 Å². The van der Waals surface area contributed by atoms with Crippen molar-refractivity contribution in [3.05, 3.63) is 36.4 Å². The van der Waals surface area contributed by atoms with E-state index in [-0.39, 0.29) is 0 Å². The minimum absolute atomic E-state index is 0.568. The molecule has 0 spiro atoms. The van der Waals surface area contributed by atoms with E-state index in [9.17, 15) is 0 Å². The van der Waals surface area contributed by atoms with Crippen LogP contribution in [0.15, 0.2) is 36.4 Å². The van der Waals surface area contributed by atoms with Crippen LogP contribution < -0.4 is 10.2 Å². The van der Waals surface area contributed by atoms with Gasteiger partial charge in [0, 0.05) is 24.5 Å². The summed E-state index contributed by atoms with van der Waals surface area (Å²) in [6.07, 6.45) is 2.57. The fourth-order valence-corrected chi connectivity index (χ4v) is 3.09. The lowest BCUT2D eigenvalue weighted by atomic mass is 9.91. The monoisotopic (exact) mass is 269 g/mol. The Morgan fingerprint density at radius 2 is 2.10 bits per heavy atom. The van der Waals surface area contributed by atoms with E-state index in [0.717, 1.165) is 24.4 Å².